The number of ether oxygens (including phenoxy) is 2. The highest BCUT2D eigenvalue weighted by molar-refractivity contribution is 7.91. The summed E-state index contributed by atoms with van der Waals surface area (Å²) in [5, 5.41) is 3.27. The van der Waals surface area contributed by atoms with Crippen LogP contribution in [-0.2, 0) is 16.4 Å². The molecule has 0 amide bonds. The van der Waals surface area contributed by atoms with E-state index in [-0.39, 0.29) is 24.2 Å². The first-order valence-corrected chi connectivity index (χ1v) is 10.4. The maximum Gasteiger partial charge on any atom is 0.231 e. The summed E-state index contributed by atoms with van der Waals surface area (Å²) in [5.41, 5.74) is 1.10. The van der Waals surface area contributed by atoms with E-state index in [1.807, 2.05) is 37.1 Å². The third kappa shape index (κ3) is 4.56. The number of guanidine groups is 1. The molecule has 2 heterocycles. The minimum atomic E-state index is -2.86. The Morgan fingerprint density at radius 2 is 2.16 bits per heavy atom. The highest BCUT2D eigenvalue weighted by Gasteiger charge is 2.27. The number of rotatable bonds is 5. The van der Waals surface area contributed by atoms with Crippen molar-refractivity contribution in [2.24, 2.45) is 10.9 Å². The second kappa shape index (κ2) is 7.51. The molecule has 7 nitrogen and oxygen atoms in total. The van der Waals surface area contributed by atoms with Crippen LogP contribution < -0.4 is 14.8 Å². The topological polar surface area (TPSA) is 80.2 Å². The van der Waals surface area contributed by atoms with Crippen LogP contribution in [0, 0.1) is 5.92 Å². The van der Waals surface area contributed by atoms with E-state index in [1.165, 1.54) is 0 Å². The predicted molar refractivity (Wildman–Crippen MR) is 96.8 cm³/mol. The van der Waals surface area contributed by atoms with E-state index in [1.54, 1.807) is 0 Å². The average molecular weight is 367 g/mol. The Bertz CT molecular complexity index is 748. The van der Waals surface area contributed by atoms with Crippen molar-refractivity contribution in [1.29, 1.82) is 0 Å². The number of benzene rings is 1. The van der Waals surface area contributed by atoms with Crippen molar-refractivity contribution in [2.75, 3.05) is 38.4 Å². The summed E-state index contributed by atoms with van der Waals surface area (Å²) in [6.45, 7) is 4.25. The maximum absolute atomic E-state index is 11.6. The van der Waals surface area contributed by atoms with Gasteiger partial charge in [0.05, 0.1) is 11.5 Å². The smallest absolute Gasteiger partial charge is 0.231 e. The minimum Gasteiger partial charge on any atom is -0.454 e. The first-order valence-electron chi connectivity index (χ1n) is 8.55. The molecule has 25 heavy (non-hydrogen) atoms. The van der Waals surface area contributed by atoms with Crippen molar-refractivity contribution in [3.05, 3.63) is 23.8 Å². The summed E-state index contributed by atoms with van der Waals surface area (Å²) in [6.07, 6.45) is 0.705. The lowest BCUT2D eigenvalue weighted by atomic mass is 10.1. The molecular formula is C17H25N3O4S. The molecule has 0 aliphatic carbocycles. The molecule has 0 saturated carbocycles. The third-order valence-electron chi connectivity index (χ3n) is 4.38. The Morgan fingerprint density at radius 1 is 1.36 bits per heavy atom. The average Bonchev–Trinajstić information content (AvgIpc) is 3.16. The van der Waals surface area contributed by atoms with Crippen molar-refractivity contribution in [2.45, 2.75) is 19.9 Å². The van der Waals surface area contributed by atoms with Crippen molar-refractivity contribution < 1.29 is 17.9 Å². The van der Waals surface area contributed by atoms with Gasteiger partial charge in [-0.3, -0.25) is 4.99 Å². The molecule has 2 aliphatic rings. The van der Waals surface area contributed by atoms with Crippen molar-refractivity contribution in [3.8, 4) is 11.5 Å². The van der Waals surface area contributed by atoms with Gasteiger partial charge in [-0.15, -0.1) is 0 Å². The Labute approximate surface area is 148 Å². The van der Waals surface area contributed by atoms with Gasteiger partial charge in [-0.2, -0.15) is 0 Å². The van der Waals surface area contributed by atoms with Crippen LogP contribution >= 0.6 is 0 Å². The van der Waals surface area contributed by atoms with E-state index < -0.39 is 9.84 Å². The number of sulfone groups is 1. The number of hydrogen-bond donors (Lipinski definition) is 1. The highest BCUT2D eigenvalue weighted by Crippen LogP contribution is 2.32. The van der Waals surface area contributed by atoms with Gasteiger partial charge in [-0.1, -0.05) is 6.07 Å². The first kappa shape index (κ1) is 17.8. The molecular weight excluding hydrogens is 342 g/mol. The fraction of sp³-hybridized carbons (Fsp3) is 0.588. The number of fused-ring (bicyclic) bond motifs is 1. The fourth-order valence-electron chi connectivity index (χ4n) is 3.09. The Kier molecular flexibility index (Phi) is 5.36. The molecule has 1 atom stereocenters. The van der Waals surface area contributed by atoms with Gasteiger partial charge in [-0.05, 0) is 37.0 Å². The molecule has 1 N–H and O–H groups in total. The Morgan fingerprint density at radius 3 is 2.88 bits per heavy atom. The van der Waals surface area contributed by atoms with Gasteiger partial charge in [0.2, 0.25) is 6.79 Å². The van der Waals surface area contributed by atoms with E-state index >= 15 is 0 Å². The summed E-state index contributed by atoms with van der Waals surface area (Å²) in [5.74, 6) is 2.99. The zero-order valence-electron chi connectivity index (χ0n) is 14.7. The number of nitrogens with one attached hydrogen (secondary N) is 1. The first-order chi connectivity index (χ1) is 12.0. The van der Waals surface area contributed by atoms with Gasteiger partial charge in [-0.25, -0.2) is 8.42 Å². The van der Waals surface area contributed by atoms with Crippen LogP contribution in [0.5, 0.6) is 11.5 Å². The standard InChI is InChI=1S/C17H25N3O4S/c1-3-18-17(19-9-14-6-7-25(21,22)11-14)20(2)10-13-4-5-15-16(8-13)24-12-23-15/h4-5,8,14H,3,6-7,9-12H2,1-2H3,(H,18,19). The Hall–Kier alpha value is -1.96. The summed E-state index contributed by atoms with van der Waals surface area (Å²) in [4.78, 5) is 6.67. The lowest BCUT2D eigenvalue weighted by molar-refractivity contribution is 0.174. The van der Waals surface area contributed by atoms with E-state index in [0.29, 0.717) is 19.5 Å². The van der Waals surface area contributed by atoms with Gasteiger partial charge >= 0.3 is 0 Å². The third-order valence-corrected chi connectivity index (χ3v) is 6.22. The normalized spacial score (nSPS) is 21.4. The van der Waals surface area contributed by atoms with Gasteiger partial charge in [0.1, 0.15) is 0 Å². The number of nitrogens with zero attached hydrogens (tertiary/aromatic N) is 2. The summed E-state index contributed by atoms with van der Waals surface area (Å²) in [6, 6.07) is 5.90. The van der Waals surface area contributed by atoms with Crippen LogP contribution in [0.1, 0.15) is 18.9 Å². The van der Waals surface area contributed by atoms with Crippen LogP contribution in [-0.4, -0.2) is 57.7 Å². The zero-order valence-corrected chi connectivity index (χ0v) is 15.5. The molecule has 8 heteroatoms. The number of hydrogen-bond acceptors (Lipinski definition) is 5. The van der Waals surface area contributed by atoms with Gasteiger partial charge < -0.3 is 19.7 Å². The van der Waals surface area contributed by atoms with Crippen LogP contribution in [0.3, 0.4) is 0 Å². The number of aliphatic imine (C=N–C) groups is 1. The van der Waals surface area contributed by atoms with Crippen molar-refractivity contribution in [3.63, 3.8) is 0 Å². The van der Waals surface area contributed by atoms with E-state index in [4.69, 9.17) is 9.47 Å². The molecule has 1 aromatic rings. The molecule has 0 aromatic heterocycles. The molecule has 3 rings (SSSR count). The summed E-state index contributed by atoms with van der Waals surface area (Å²) < 4.78 is 33.9. The molecule has 0 spiro atoms. The lowest BCUT2D eigenvalue weighted by Crippen LogP contribution is -2.38. The Balaban J connectivity index is 1.64. The molecule has 1 aromatic carbocycles. The molecule has 138 valence electrons. The lowest BCUT2D eigenvalue weighted by Gasteiger charge is -2.22. The molecule has 0 radical (unpaired) electrons. The largest absolute Gasteiger partial charge is 0.454 e. The van der Waals surface area contributed by atoms with Crippen LogP contribution in [0.25, 0.3) is 0 Å². The van der Waals surface area contributed by atoms with Gasteiger partial charge in [0.25, 0.3) is 0 Å². The quantitative estimate of drug-likeness (QED) is 0.623. The van der Waals surface area contributed by atoms with E-state index in [9.17, 15) is 8.42 Å². The van der Waals surface area contributed by atoms with Crippen molar-refractivity contribution >= 4 is 15.8 Å². The monoisotopic (exact) mass is 367 g/mol. The predicted octanol–water partition coefficient (Wildman–Crippen LogP) is 1.25. The van der Waals surface area contributed by atoms with Crippen LogP contribution in [0.2, 0.25) is 0 Å². The molecule has 0 bridgehead atoms. The van der Waals surface area contributed by atoms with Gasteiger partial charge in [0.15, 0.2) is 27.3 Å². The van der Waals surface area contributed by atoms with Gasteiger partial charge in [0, 0.05) is 26.7 Å². The minimum absolute atomic E-state index is 0.123. The van der Waals surface area contributed by atoms with Crippen LogP contribution in [0.4, 0.5) is 0 Å². The fourth-order valence-corrected chi connectivity index (χ4v) is 4.94. The highest BCUT2D eigenvalue weighted by atomic mass is 32.2. The summed E-state index contributed by atoms with van der Waals surface area (Å²) in [7, 11) is -0.890. The SMILES string of the molecule is CCNC(=NCC1CCS(=O)(=O)C1)N(C)Cc1ccc2c(c1)OCO2. The second-order valence-electron chi connectivity index (χ2n) is 6.51. The van der Waals surface area contributed by atoms with E-state index in [2.05, 4.69) is 10.3 Å². The zero-order chi connectivity index (χ0) is 17.9. The van der Waals surface area contributed by atoms with Crippen molar-refractivity contribution in [1.82, 2.24) is 10.2 Å². The summed E-state index contributed by atoms with van der Waals surface area (Å²) >= 11 is 0. The second-order valence-corrected chi connectivity index (χ2v) is 8.74. The molecule has 1 saturated heterocycles. The molecule has 1 unspecified atom stereocenters. The van der Waals surface area contributed by atoms with E-state index in [0.717, 1.165) is 29.6 Å². The molecule has 1 fully saturated rings. The maximum atomic E-state index is 11.6. The van der Waals surface area contributed by atoms with Crippen LogP contribution in [0.15, 0.2) is 23.2 Å². The molecule has 2 aliphatic heterocycles.